The molecule has 0 aromatic heterocycles. The van der Waals surface area contributed by atoms with Crippen LogP contribution in [0.2, 0.25) is 0 Å². The van der Waals surface area contributed by atoms with E-state index < -0.39 is 0 Å². The van der Waals surface area contributed by atoms with Gasteiger partial charge in [0.25, 0.3) is 0 Å². The molecule has 0 radical (unpaired) electrons. The molecule has 1 rings (SSSR count). The van der Waals surface area contributed by atoms with Gasteiger partial charge in [-0.15, -0.1) is 0 Å². The van der Waals surface area contributed by atoms with E-state index in [2.05, 4.69) is 19.7 Å². The summed E-state index contributed by atoms with van der Waals surface area (Å²) in [4.78, 5) is 0. The zero-order chi connectivity index (χ0) is 10.1. The Bertz CT molecular complexity index is 273. The van der Waals surface area contributed by atoms with Crippen LogP contribution in [-0.4, -0.2) is 29.6 Å². The summed E-state index contributed by atoms with van der Waals surface area (Å²) >= 11 is 0. The Kier molecular flexibility index (Phi) is 11.9. The molecule has 0 unspecified atom stereocenters. The van der Waals surface area contributed by atoms with E-state index in [4.69, 9.17) is 0 Å². The van der Waals surface area contributed by atoms with Gasteiger partial charge in [0.05, 0.1) is 0 Å². The van der Waals surface area contributed by atoms with Crippen molar-refractivity contribution >= 4 is 35.6 Å². The molecule has 0 nitrogen and oxygen atoms in total. The second kappa shape index (κ2) is 10.5. The van der Waals surface area contributed by atoms with Crippen LogP contribution in [0.5, 0.6) is 0 Å². The fraction of sp³-hybridized carbons (Fsp3) is 0.0769. The number of rotatable bonds is 2. The molecule has 0 aliphatic rings. The van der Waals surface area contributed by atoms with E-state index in [0.29, 0.717) is 0 Å². The van der Waals surface area contributed by atoms with Crippen LogP contribution < -0.4 is 0 Å². The first-order valence-corrected chi connectivity index (χ1v) is 4.16. The zero-order valence-electron chi connectivity index (χ0n) is 8.16. The fourth-order valence-electron chi connectivity index (χ4n) is 0.589. The molecule has 0 N–H and O–H groups in total. The van der Waals surface area contributed by atoms with Crippen molar-refractivity contribution in [1.82, 2.24) is 0 Å². The first kappa shape index (κ1) is 15.9. The molecule has 1 aromatic carbocycles. The molecule has 0 spiro atoms. The average molecular weight is 196 g/mol. The van der Waals surface area contributed by atoms with Gasteiger partial charge in [-0.2, -0.15) is 0 Å². The Hall–Kier alpha value is -0.560. The Morgan fingerprint density at radius 3 is 1.79 bits per heavy atom. The standard InChI is InChI=1S/C8H8.C5H8.Na.H/c1-2-8-6-4-3-5-7-8;1-4-5(2)3;;/h2-7H,1H2;4H,1-2H2,3H3;;. The predicted octanol–water partition coefficient (Wildman–Crippen LogP) is 3.43. The molecule has 0 saturated carbocycles. The van der Waals surface area contributed by atoms with Gasteiger partial charge in [-0.05, 0) is 12.5 Å². The van der Waals surface area contributed by atoms with E-state index >= 15 is 0 Å². The maximum absolute atomic E-state index is 3.63. The molecule has 14 heavy (non-hydrogen) atoms. The van der Waals surface area contributed by atoms with Crippen molar-refractivity contribution in [3.63, 3.8) is 0 Å². The second-order valence-electron chi connectivity index (χ2n) is 2.67. The van der Waals surface area contributed by atoms with E-state index in [1.54, 1.807) is 6.08 Å². The molecule has 0 aliphatic heterocycles. The first-order chi connectivity index (χ1) is 6.20. The molecule has 1 heteroatoms. The maximum atomic E-state index is 3.63. The summed E-state index contributed by atoms with van der Waals surface area (Å²) in [6, 6.07) is 10.0. The summed E-state index contributed by atoms with van der Waals surface area (Å²) in [5, 5.41) is 0. The van der Waals surface area contributed by atoms with Crippen molar-refractivity contribution in [1.29, 1.82) is 0 Å². The SMILES string of the molecule is C=CC(=C)C.C=Cc1ccccc1.[NaH]. The van der Waals surface area contributed by atoms with Crippen LogP contribution in [0.1, 0.15) is 12.5 Å². The van der Waals surface area contributed by atoms with Crippen LogP contribution in [0.3, 0.4) is 0 Å². The number of hydrogen-bond donors (Lipinski definition) is 0. The second-order valence-corrected chi connectivity index (χ2v) is 2.67. The molecule has 0 heterocycles. The molecule has 0 aliphatic carbocycles. The molecule has 0 bridgehead atoms. The summed E-state index contributed by atoms with van der Waals surface area (Å²) in [6.45, 7) is 12.6. The molecular weight excluding hydrogens is 179 g/mol. The quantitative estimate of drug-likeness (QED) is 0.502. The third kappa shape index (κ3) is 9.53. The van der Waals surface area contributed by atoms with Crippen LogP contribution in [-0.2, 0) is 0 Å². The Morgan fingerprint density at radius 1 is 1.14 bits per heavy atom. The van der Waals surface area contributed by atoms with Crippen LogP contribution in [0.25, 0.3) is 6.08 Å². The summed E-state index contributed by atoms with van der Waals surface area (Å²) in [5.41, 5.74) is 2.19. The monoisotopic (exact) mass is 196 g/mol. The van der Waals surface area contributed by atoms with Gasteiger partial charge in [0.1, 0.15) is 0 Å². The third-order valence-corrected chi connectivity index (χ3v) is 1.38. The van der Waals surface area contributed by atoms with Crippen LogP contribution in [0.15, 0.2) is 61.7 Å². The van der Waals surface area contributed by atoms with Crippen molar-refractivity contribution < 1.29 is 0 Å². The van der Waals surface area contributed by atoms with E-state index in [9.17, 15) is 0 Å². The van der Waals surface area contributed by atoms with Crippen molar-refractivity contribution in [3.05, 3.63) is 67.3 Å². The minimum absolute atomic E-state index is 0. The van der Waals surface area contributed by atoms with Crippen LogP contribution >= 0.6 is 0 Å². The third-order valence-electron chi connectivity index (χ3n) is 1.38. The number of hydrogen-bond acceptors (Lipinski definition) is 0. The van der Waals surface area contributed by atoms with E-state index in [1.165, 1.54) is 5.56 Å². The Balaban J connectivity index is 0. The van der Waals surface area contributed by atoms with Gasteiger partial charge in [0.2, 0.25) is 0 Å². The van der Waals surface area contributed by atoms with Crippen LogP contribution in [0, 0.1) is 0 Å². The molecule has 70 valence electrons. The van der Waals surface area contributed by atoms with Crippen molar-refractivity contribution in [2.45, 2.75) is 6.92 Å². The van der Waals surface area contributed by atoms with Crippen LogP contribution in [0.4, 0.5) is 0 Å². The summed E-state index contributed by atoms with van der Waals surface area (Å²) in [5.74, 6) is 0. The first-order valence-electron chi connectivity index (χ1n) is 4.16. The van der Waals surface area contributed by atoms with E-state index in [-0.39, 0.29) is 29.6 Å². The topological polar surface area (TPSA) is 0 Å². The summed E-state index contributed by atoms with van der Waals surface area (Å²) in [6.07, 6.45) is 3.56. The Morgan fingerprint density at radius 2 is 1.57 bits per heavy atom. The Labute approximate surface area is 109 Å². The van der Waals surface area contributed by atoms with E-state index in [0.717, 1.165) is 5.57 Å². The fourth-order valence-corrected chi connectivity index (χ4v) is 0.589. The van der Waals surface area contributed by atoms with Crippen molar-refractivity contribution in [2.75, 3.05) is 0 Å². The molecule has 0 fully saturated rings. The van der Waals surface area contributed by atoms with E-state index in [1.807, 2.05) is 43.3 Å². The zero-order valence-corrected chi connectivity index (χ0v) is 8.16. The molecule has 1 aromatic rings. The van der Waals surface area contributed by atoms with Crippen molar-refractivity contribution in [3.8, 4) is 0 Å². The van der Waals surface area contributed by atoms with Gasteiger partial charge in [-0.1, -0.05) is 67.8 Å². The minimum atomic E-state index is 0. The van der Waals surface area contributed by atoms with Crippen molar-refractivity contribution in [2.24, 2.45) is 0 Å². The van der Waals surface area contributed by atoms with Gasteiger partial charge < -0.3 is 0 Å². The van der Waals surface area contributed by atoms with Gasteiger partial charge in [-0.25, -0.2) is 0 Å². The number of allylic oxidation sites excluding steroid dienone is 2. The molecular formula is C13H17Na. The van der Waals surface area contributed by atoms with Gasteiger partial charge in [0, 0.05) is 0 Å². The van der Waals surface area contributed by atoms with Gasteiger partial charge in [0.15, 0.2) is 0 Å². The molecule has 0 amide bonds. The summed E-state index contributed by atoms with van der Waals surface area (Å²) in [7, 11) is 0. The normalized spacial score (nSPS) is 7.21. The predicted molar refractivity (Wildman–Crippen MR) is 68.7 cm³/mol. The average Bonchev–Trinajstić information content (AvgIpc) is 2.20. The number of benzene rings is 1. The van der Waals surface area contributed by atoms with Gasteiger partial charge in [-0.3, -0.25) is 0 Å². The van der Waals surface area contributed by atoms with Gasteiger partial charge >= 0.3 is 29.6 Å². The molecule has 0 atom stereocenters. The molecule has 0 saturated heterocycles. The summed E-state index contributed by atoms with van der Waals surface area (Å²) < 4.78 is 0.